The Labute approximate surface area is 158 Å². The van der Waals surface area contributed by atoms with Crippen LogP contribution in [0.2, 0.25) is 0 Å². The van der Waals surface area contributed by atoms with Gasteiger partial charge < -0.3 is 23.8 Å². The fourth-order valence-electron chi connectivity index (χ4n) is 3.48. The molecule has 0 spiro atoms. The average Bonchev–Trinajstić information content (AvgIpc) is 3.15. The lowest BCUT2D eigenvalue weighted by atomic mass is 10.1. The topological polar surface area (TPSA) is 60.5 Å². The van der Waals surface area contributed by atoms with Gasteiger partial charge in [-0.25, -0.2) is 0 Å². The zero-order chi connectivity index (χ0) is 18.8. The summed E-state index contributed by atoms with van der Waals surface area (Å²) in [4.78, 5) is 16.6. The van der Waals surface area contributed by atoms with Crippen molar-refractivity contribution in [2.45, 2.75) is 6.54 Å². The number of piperazine rings is 1. The van der Waals surface area contributed by atoms with E-state index in [0.717, 1.165) is 23.5 Å². The third-order valence-electron chi connectivity index (χ3n) is 4.85. The van der Waals surface area contributed by atoms with Gasteiger partial charge in [0.05, 0.1) is 26.5 Å². The highest BCUT2D eigenvalue weighted by atomic mass is 16.7. The van der Waals surface area contributed by atoms with Crippen LogP contribution in [0.1, 0.15) is 5.56 Å². The monoisotopic (exact) mass is 370 g/mol. The second-order valence-corrected chi connectivity index (χ2v) is 6.45. The summed E-state index contributed by atoms with van der Waals surface area (Å²) in [5.41, 5.74) is 1.78. The number of amides is 1. The molecule has 0 radical (unpaired) electrons. The van der Waals surface area contributed by atoms with E-state index < -0.39 is 0 Å². The van der Waals surface area contributed by atoms with Crippen LogP contribution in [0.15, 0.2) is 36.4 Å². The number of anilines is 1. The molecule has 0 aliphatic carbocycles. The van der Waals surface area contributed by atoms with Crippen LogP contribution in [0.4, 0.5) is 5.69 Å². The fraction of sp³-hybridized carbons (Fsp3) is 0.350. The first-order chi connectivity index (χ1) is 13.2. The minimum atomic E-state index is 0.0467. The average molecular weight is 370 g/mol. The number of nitrogens with zero attached hydrogens (tertiary/aromatic N) is 2. The van der Waals surface area contributed by atoms with Crippen LogP contribution in [-0.2, 0) is 11.3 Å². The second kappa shape index (κ2) is 7.36. The molecule has 2 aliphatic rings. The van der Waals surface area contributed by atoms with E-state index in [1.165, 1.54) is 0 Å². The van der Waals surface area contributed by atoms with E-state index >= 15 is 0 Å². The molecule has 0 bridgehead atoms. The Bertz CT molecular complexity index is 854. The van der Waals surface area contributed by atoms with Crippen LogP contribution in [0, 0.1) is 0 Å². The Balaban J connectivity index is 1.49. The van der Waals surface area contributed by atoms with Crippen molar-refractivity contribution in [2.24, 2.45) is 0 Å². The number of carbonyl (C=O) groups is 1. The molecule has 2 aliphatic heterocycles. The van der Waals surface area contributed by atoms with E-state index in [2.05, 4.69) is 4.90 Å². The standard InChI is InChI=1S/C20H22N2O5/c1-24-16-6-4-3-5-15(16)22-8-7-21(12-20(22)23)11-14-9-18-19(27-13-26-18)10-17(14)25-2/h3-6,9-10H,7-8,11-13H2,1-2H3. The molecule has 142 valence electrons. The molecule has 0 N–H and O–H groups in total. The molecule has 1 saturated heterocycles. The zero-order valence-corrected chi connectivity index (χ0v) is 15.4. The minimum absolute atomic E-state index is 0.0467. The van der Waals surface area contributed by atoms with E-state index in [1.54, 1.807) is 19.1 Å². The number of ether oxygens (including phenoxy) is 4. The molecule has 0 saturated carbocycles. The Morgan fingerprint density at radius 3 is 2.48 bits per heavy atom. The summed E-state index contributed by atoms with van der Waals surface area (Å²) >= 11 is 0. The minimum Gasteiger partial charge on any atom is -0.496 e. The molecule has 2 aromatic rings. The quantitative estimate of drug-likeness (QED) is 0.805. The predicted octanol–water partition coefficient (Wildman–Crippen LogP) is 2.28. The summed E-state index contributed by atoms with van der Waals surface area (Å²) in [5.74, 6) is 2.89. The smallest absolute Gasteiger partial charge is 0.241 e. The number of hydrogen-bond acceptors (Lipinski definition) is 6. The predicted molar refractivity (Wildman–Crippen MR) is 99.7 cm³/mol. The van der Waals surface area contributed by atoms with Crippen LogP contribution in [-0.4, -0.2) is 51.5 Å². The SMILES string of the molecule is COc1cc2c(cc1CN1CCN(c3ccccc3OC)C(=O)C1)OCO2. The van der Waals surface area contributed by atoms with Crippen LogP contribution in [0.5, 0.6) is 23.0 Å². The number of benzene rings is 2. The first-order valence-electron chi connectivity index (χ1n) is 8.82. The van der Waals surface area contributed by atoms with E-state index in [4.69, 9.17) is 18.9 Å². The van der Waals surface area contributed by atoms with Gasteiger partial charge in [0.2, 0.25) is 12.7 Å². The van der Waals surface area contributed by atoms with E-state index in [0.29, 0.717) is 36.9 Å². The number of fused-ring (bicyclic) bond motifs is 1. The lowest BCUT2D eigenvalue weighted by Crippen LogP contribution is -2.50. The maximum Gasteiger partial charge on any atom is 0.241 e. The molecular weight excluding hydrogens is 348 g/mol. The first kappa shape index (κ1) is 17.5. The number of carbonyl (C=O) groups excluding carboxylic acids is 1. The molecule has 1 amide bonds. The van der Waals surface area contributed by atoms with Crippen molar-refractivity contribution in [3.63, 3.8) is 0 Å². The maximum absolute atomic E-state index is 12.8. The summed E-state index contributed by atoms with van der Waals surface area (Å²) in [5, 5.41) is 0. The van der Waals surface area contributed by atoms with Crippen molar-refractivity contribution in [1.82, 2.24) is 4.90 Å². The molecule has 1 fully saturated rings. The van der Waals surface area contributed by atoms with Gasteiger partial charge in [-0.15, -0.1) is 0 Å². The lowest BCUT2D eigenvalue weighted by Gasteiger charge is -2.35. The molecule has 0 atom stereocenters. The maximum atomic E-state index is 12.8. The van der Waals surface area contributed by atoms with Crippen LogP contribution < -0.4 is 23.8 Å². The molecule has 7 nitrogen and oxygen atoms in total. The molecule has 4 rings (SSSR count). The first-order valence-corrected chi connectivity index (χ1v) is 8.82. The Morgan fingerprint density at radius 1 is 1.00 bits per heavy atom. The Hall–Kier alpha value is -2.93. The molecule has 7 heteroatoms. The fourth-order valence-corrected chi connectivity index (χ4v) is 3.48. The highest BCUT2D eigenvalue weighted by Gasteiger charge is 2.28. The van der Waals surface area contributed by atoms with Gasteiger partial charge >= 0.3 is 0 Å². The van der Waals surface area contributed by atoms with Gasteiger partial charge in [-0.2, -0.15) is 0 Å². The lowest BCUT2D eigenvalue weighted by molar-refractivity contribution is -0.121. The third kappa shape index (κ3) is 3.38. The van der Waals surface area contributed by atoms with Crippen molar-refractivity contribution < 1.29 is 23.7 Å². The van der Waals surface area contributed by atoms with Gasteiger partial charge in [0.15, 0.2) is 11.5 Å². The number of rotatable bonds is 5. The van der Waals surface area contributed by atoms with Gasteiger partial charge in [-0.05, 0) is 18.2 Å². The third-order valence-corrected chi connectivity index (χ3v) is 4.85. The largest absolute Gasteiger partial charge is 0.496 e. The van der Waals surface area contributed by atoms with Crippen LogP contribution >= 0.6 is 0 Å². The van der Waals surface area contributed by atoms with Gasteiger partial charge in [-0.1, -0.05) is 12.1 Å². The zero-order valence-electron chi connectivity index (χ0n) is 15.4. The van der Waals surface area contributed by atoms with Gasteiger partial charge in [-0.3, -0.25) is 9.69 Å². The highest BCUT2D eigenvalue weighted by molar-refractivity contribution is 5.96. The van der Waals surface area contributed by atoms with Crippen molar-refractivity contribution in [3.8, 4) is 23.0 Å². The van der Waals surface area contributed by atoms with Crippen molar-refractivity contribution >= 4 is 11.6 Å². The molecule has 0 unspecified atom stereocenters. The number of hydrogen-bond donors (Lipinski definition) is 0. The normalized spacial score (nSPS) is 16.5. The molecular formula is C20H22N2O5. The number of para-hydroxylation sites is 2. The van der Waals surface area contributed by atoms with Crippen LogP contribution in [0.3, 0.4) is 0 Å². The van der Waals surface area contributed by atoms with Crippen LogP contribution in [0.25, 0.3) is 0 Å². The molecule has 0 aromatic heterocycles. The van der Waals surface area contributed by atoms with Gasteiger partial charge in [0, 0.05) is 31.3 Å². The van der Waals surface area contributed by atoms with Gasteiger partial charge in [0.1, 0.15) is 11.5 Å². The molecule has 2 aromatic carbocycles. The van der Waals surface area contributed by atoms with E-state index in [9.17, 15) is 4.79 Å². The van der Waals surface area contributed by atoms with Crippen molar-refractivity contribution in [1.29, 1.82) is 0 Å². The number of methoxy groups -OCH3 is 2. The van der Waals surface area contributed by atoms with E-state index in [1.807, 2.05) is 36.4 Å². The summed E-state index contributed by atoms with van der Waals surface area (Å²) in [7, 11) is 3.25. The molecule has 27 heavy (non-hydrogen) atoms. The van der Waals surface area contributed by atoms with Crippen molar-refractivity contribution in [3.05, 3.63) is 42.0 Å². The summed E-state index contributed by atoms with van der Waals surface area (Å²) in [6, 6.07) is 11.4. The summed E-state index contributed by atoms with van der Waals surface area (Å²) in [6.45, 7) is 2.51. The highest BCUT2D eigenvalue weighted by Crippen LogP contribution is 2.38. The van der Waals surface area contributed by atoms with Crippen molar-refractivity contribution in [2.75, 3.05) is 45.5 Å². The second-order valence-electron chi connectivity index (χ2n) is 6.45. The summed E-state index contributed by atoms with van der Waals surface area (Å²) in [6.07, 6.45) is 0. The molecule has 2 heterocycles. The van der Waals surface area contributed by atoms with E-state index in [-0.39, 0.29) is 12.7 Å². The van der Waals surface area contributed by atoms with Gasteiger partial charge in [0.25, 0.3) is 0 Å². The Kier molecular flexibility index (Phi) is 4.77. The Morgan fingerprint density at radius 2 is 1.74 bits per heavy atom. The summed E-state index contributed by atoms with van der Waals surface area (Å²) < 4.78 is 21.7.